The number of nitrogens with zero attached hydrogens (tertiary/aromatic N) is 1. The van der Waals surface area contributed by atoms with Gasteiger partial charge in [-0.2, -0.15) is 0 Å². The van der Waals surface area contributed by atoms with Gasteiger partial charge in [0.2, 0.25) is 0 Å². The molecule has 102 valence electrons. The maximum Gasteiger partial charge on any atom is 0.289 e. The number of nitrogens with one attached hydrogen (secondary N) is 1. The van der Waals surface area contributed by atoms with Crippen LogP contribution >= 0.6 is 12.4 Å². The Bertz CT molecular complexity index is 376. The molecule has 1 amide bonds. The summed E-state index contributed by atoms with van der Waals surface area (Å²) >= 11 is 0. The lowest BCUT2D eigenvalue weighted by molar-refractivity contribution is 0.0702. The van der Waals surface area contributed by atoms with Crippen LogP contribution in [0.3, 0.4) is 0 Å². The van der Waals surface area contributed by atoms with Crippen LogP contribution in [0.25, 0.3) is 0 Å². The predicted octanol–water partition coefficient (Wildman–Crippen LogP) is 1.87. The summed E-state index contributed by atoms with van der Waals surface area (Å²) in [6.07, 6.45) is 1.76. The number of carbonyl (C=O) groups is 1. The van der Waals surface area contributed by atoms with Gasteiger partial charge in [-0.05, 0) is 18.1 Å². The fourth-order valence-electron chi connectivity index (χ4n) is 2.19. The molecule has 0 spiro atoms. The quantitative estimate of drug-likeness (QED) is 0.914. The van der Waals surface area contributed by atoms with E-state index < -0.39 is 0 Å². The summed E-state index contributed by atoms with van der Waals surface area (Å²) in [4.78, 5) is 14.1. The molecule has 0 saturated carbocycles. The Morgan fingerprint density at radius 1 is 1.33 bits per heavy atom. The van der Waals surface area contributed by atoms with Crippen LogP contribution in [0.5, 0.6) is 0 Å². The zero-order valence-electron chi connectivity index (χ0n) is 11.0. The summed E-state index contributed by atoms with van der Waals surface area (Å²) in [5.74, 6) is 1.48. The molecule has 1 aromatic heterocycles. The minimum absolute atomic E-state index is 0. The zero-order valence-corrected chi connectivity index (χ0v) is 11.8. The van der Waals surface area contributed by atoms with Crippen LogP contribution in [0, 0.1) is 0 Å². The Labute approximate surface area is 114 Å². The van der Waals surface area contributed by atoms with Crippen LogP contribution in [0.15, 0.2) is 10.5 Å². The molecule has 0 unspecified atom stereocenters. The second-order valence-corrected chi connectivity index (χ2v) is 4.31. The maximum atomic E-state index is 12.2. The molecule has 2 rings (SSSR count). The van der Waals surface area contributed by atoms with Gasteiger partial charge in [0.05, 0.1) is 0 Å². The fourth-order valence-corrected chi connectivity index (χ4v) is 2.19. The van der Waals surface area contributed by atoms with Crippen LogP contribution in [-0.2, 0) is 12.8 Å². The van der Waals surface area contributed by atoms with Crippen molar-refractivity contribution in [3.63, 3.8) is 0 Å². The van der Waals surface area contributed by atoms with E-state index in [2.05, 4.69) is 19.2 Å². The number of hydrogen-bond donors (Lipinski definition) is 1. The van der Waals surface area contributed by atoms with Crippen molar-refractivity contribution in [3.05, 3.63) is 23.2 Å². The number of furan rings is 1. The summed E-state index contributed by atoms with van der Waals surface area (Å²) in [6.45, 7) is 7.41. The maximum absolute atomic E-state index is 12.2. The molecule has 0 aliphatic carbocycles. The number of rotatable bonds is 3. The monoisotopic (exact) mass is 272 g/mol. The van der Waals surface area contributed by atoms with E-state index in [9.17, 15) is 4.79 Å². The first kappa shape index (κ1) is 15.1. The summed E-state index contributed by atoms with van der Waals surface area (Å²) in [7, 11) is 0. The van der Waals surface area contributed by atoms with E-state index in [0.717, 1.165) is 50.3 Å². The third kappa shape index (κ3) is 3.06. The Morgan fingerprint density at radius 3 is 2.50 bits per heavy atom. The number of amides is 1. The van der Waals surface area contributed by atoms with E-state index in [1.807, 2.05) is 11.0 Å². The average Bonchev–Trinajstić information content (AvgIpc) is 2.82. The van der Waals surface area contributed by atoms with Crippen molar-refractivity contribution < 1.29 is 9.21 Å². The van der Waals surface area contributed by atoms with Gasteiger partial charge in [-0.25, -0.2) is 0 Å². The van der Waals surface area contributed by atoms with E-state index in [4.69, 9.17) is 4.42 Å². The van der Waals surface area contributed by atoms with Crippen molar-refractivity contribution in [2.45, 2.75) is 26.7 Å². The smallest absolute Gasteiger partial charge is 0.289 e. The Hall–Kier alpha value is -1.00. The number of halogens is 1. The molecule has 1 N–H and O–H groups in total. The lowest BCUT2D eigenvalue weighted by Gasteiger charge is -2.26. The standard InChI is InChI=1S/C13H20N2O2.ClH/c1-3-10-9-12(17-11(10)4-2)13(16)15-7-5-14-6-8-15;/h9,14H,3-8H2,1-2H3;1H. The van der Waals surface area contributed by atoms with Gasteiger partial charge in [0.15, 0.2) is 5.76 Å². The second kappa shape index (κ2) is 6.81. The zero-order chi connectivity index (χ0) is 12.3. The minimum atomic E-state index is 0. The molecule has 5 heteroatoms. The van der Waals surface area contributed by atoms with Gasteiger partial charge in [0.1, 0.15) is 5.76 Å². The molecule has 1 fully saturated rings. The molecule has 1 aromatic rings. The molecule has 2 heterocycles. The van der Waals surface area contributed by atoms with Crippen LogP contribution in [0.1, 0.15) is 35.7 Å². The van der Waals surface area contributed by atoms with E-state index in [1.165, 1.54) is 0 Å². The Kier molecular flexibility index (Phi) is 5.69. The van der Waals surface area contributed by atoms with Crippen LogP contribution < -0.4 is 5.32 Å². The van der Waals surface area contributed by atoms with Gasteiger partial charge in [0.25, 0.3) is 5.91 Å². The molecule has 0 aromatic carbocycles. The molecule has 0 atom stereocenters. The number of aryl methyl sites for hydroxylation is 2. The molecule has 1 aliphatic heterocycles. The normalized spacial score (nSPS) is 15.3. The van der Waals surface area contributed by atoms with Gasteiger partial charge in [-0.15, -0.1) is 12.4 Å². The first-order valence-electron chi connectivity index (χ1n) is 6.37. The largest absolute Gasteiger partial charge is 0.456 e. The molecular weight excluding hydrogens is 252 g/mol. The highest BCUT2D eigenvalue weighted by molar-refractivity contribution is 5.92. The van der Waals surface area contributed by atoms with E-state index in [0.29, 0.717) is 5.76 Å². The lowest BCUT2D eigenvalue weighted by Crippen LogP contribution is -2.46. The Morgan fingerprint density at radius 2 is 2.00 bits per heavy atom. The predicted molar refractivity (Wildman–Crippen MR) is 73.5 cm³/mol. The van der Waals surface area contributed by atoms with Crippen molar-refractivity contribution in [1.82, 2.24) is 10.2 Å². The fraction of sp³-hybridized carbons (Fsp3) is 0.615. The highest BCUT2D eigenvalue weighted by Gasteiger charge is 2.22. The molecule has 4 nitrogen and oxygen atoms in total. The summed E-state index contributed by atoms with van der Waals surface area (Å²) in [5.41, 5.74) is 1.16. The van der Waals surface area contributed by atoms with Crippen molar-refractivity contribution >= 4 is 18.3 Å². The van der Waals surface area contributed by atoms with Gasteiger partial charge in [-0.3, -0.25) is 4.79 Å². The SMILES string of the molecule is CCc1cc(C(=O)N2CCNCC2)oc1CC.Cl. The van der Waals surface area contributed by atoms with Crippen LogP contribution in [0.4, 0.5) is 0 Å². The molecule has 1 aliphatic rings. The third-order valence-corrected chi connectivity index (χ3v) is 3.21. The summed E-state index contributed by atoms with van der Waals surface area (Å²) in [5, 5.41) is 3.24. The van der Waals surface area contributed by atoms with Crippen LogP contribution in [-0.4, -0.2) is 37.0 Å². The molecule has 0 bridgehead atoms. The summed E-state index contributed by atoms with van der Waals surface area (Å²) in [6, 6.07) is 1.91. The van der Waals surface area contributed by atoms with Crippen molar-refractivity contribution in [2.24, 2.45) is 0 Å². The highest BCUT2D eigenvalue weighted by Crippen LogP contribution is 2.18. The second-order valence-electron chi connectivity index (χ2n) is 4.31. The summed E-state index contributed by atoms with van der Waals surface area (Å²) < 4.78 is 5.66. The van der Waals surface area contributed by atoms with E-state index in [1.54, 1.807) is 0 Å². The topological polar surface area (TPSA) is 45.5 Å². The Balaban J connectivity index is 0.00000162. The minimum Gasteiger partial charge on any atom is -0.456 e. The molecular formula is C13H21ClN2O2. The van der Waals surface area contributed by atoms with Crippen LogP contribution in [0.2, 0.25) is 0 Å². The van der Waals surface area contributed by atoms with Crippen molar-refractivity contribution in [3.8, 4) is 0 Å². The van der Waals surface area contributed by atoms with E-state index in [-0.39, 0.29) is 18.3 Å². The van der Waals surface area contributed by atoms with Gasteiger partial charge in [0, 0.05) is 32.6 Å². The highest BCUT2D eigenvalue weighted by atomic mass is 35.5. The molecule has 18 heavy (non-hydrogen) atoms. The average molecular weight is 273 g/mol. The first-order chi connectivity index (χ1) is 8.26. The molecule has 0 radical (unpaired) electrons. The number of carbonyl (C=O) groups excluding carboxylic acids is 1. The van der Waals surface area contributed by atoms with Crippen molar-refractivity contribution in [2.75, 3.05) is 26.2 Å². The van der Waals surface area contributed by atoms with Crippen molar-refractivity contribution in [1.29, 1.82) is 0 Å². The first-order valence-corrected chi connectivity index (χ1v) is 6.37. The third-order valence-electron chi connectivity index (χ3n) is 3.21. The molecule has 1 saturated heterocycles. The van der Waals surface area contributed by atoms with Gasteiger partial charge >= 0.3 is 0 Å². The lowest BCUT2D eigenvalue weighted by atomic mass is 10.1. The number of hydrogen-bond acceptors (Lipinski definition) is 3. The van der Waals surface area contributed by atoms with E-state index >= 15 is 0 Å². The van der Waals surface area contributed by atoms with Gasteiger partial charge in [-0.1, -0.05) is 13.8 Å². The van der Waals surface area contributed by atoms with Gasteiger partial charge < -0.3 is 14.6 Å². The number of piperazine rings is 1.